The molecule has 0 aliphatic heterocycles. The maximum atomic E-state index is 12.4. The summed E-state index contributed by atoms with van der Waals surface area (Å²) in [5.41, 5.74) is 1.48. The Balaban J connectivity index is 0.00000242. The number of likely N-dealkylation sites (N-methyl/N-ethyl adjacent to an activating group) is 1. The number of hydrogen-bond acceptors (Lipinski definition) is 4. The molecular weight excluding hydrogens is 343 g/mol. The van der Waals surface area contributed by atoms with E-state index in [9.17, 15) is 4.79 Å². The zero-order valence-electron chi connectivity index (χ0n) is 12.5. The van der Waals surface area contributed by atoms with E-state index in [-0.39, 0.29) is 18.3 Å². The molecule has 0 bridgehead atoms. The van der Waals surface area contributed by atoms with Crippen LogP contribution in [-0.4, -0.2) is 29.0 Å². The normalized spacial score (nSPS) is 11.6. The molecule has 1 amide bonds. The number of carbonyl (C=O) groups excluding carboxylic acids is 1. The summed E-state index contributed by atoms with van der Waals surface area (Å²) in [6, 6.07) is 5.02. The Morgan fingerprint density at radius 2 is 2.18 bits per heavy atom. The number of benzene rings is 1. The largest absolute Gasteiger partial charge is 0.324 e. The van der Waals surface area contributed by atoms with E-state index < -0.39 is 6.04 Å². The fourth-order valence-electron chi connectivity index (χ4n) is 2.00. The molecule has 0 radical (unpaired) electrons. The number of nitrogens with one attached hydrogen (secondary N) is 2. The first-order valence-corrected chi connectivity index (χ1v) is 7.95. The summed E-state index contributed by atoms with van der Waals surface area (Å²) in [4.78, 5) is 13.3. The molecule has 2 N–H and O–H groups in total. The summed E-state index contributed by atoms with van der Waals surface area (Å²) < 4.78 is 1.66. The number of thioether (sulfide) groups is 1. The van der Waals surface area contributed by atoms with Crippen molar-refractivity contribution in [3.05, 3.63) is 41.2 Å². The summed E-state index contributed by atoms with van der Waals surface area (Å²) in [6.45, 7) is 0. The predicted octanol–water partition coefficient (Wildman–Crippen LogP) is 3.12. The van der Waals surface area contributed by atoms with E-state index in [0.717, 1.165) is 10.5 Å². The number of aryl methyl sites for hydroxylation is 1. The van der Waals surface area contributed by atoms with E-state index in [2.05, 4.69) is 15.7 Å². The number of hydrogen-bond donors (Lipinski definition) is 2. The van der Waals surface area contributed by atoms with Crippen LogP contribution in [0.15, 0.2) is 35.5 Å². The first-order valence-electron chi connectivity index (χ1n) is 6.35. The van der Waals surface area contributed by atoms with Crippen LogP contribution in [0.25, 0.3) is 0 Å². The first kappa shape index (κ1) is 18.8. The molecule has 0 saturated heterocycles. The van der Waals surface area contributed by atoms with Gasteiger partial charge in [0, 0.05) is 29.4 Å². The number of amides is 1. The van der Waals surface area contributed by atoms with Gasteiger partial charge in [-0.3, -0.25) is 9.48 Å². The molecular formula is C14H18Cl2N4OS. The number of nitrogens with zero attached hydrogens (tertiary/aromatic N) is 2. The van der Waals surface area contributed by atoms with Crippen LogP contribution in [0.2, 0.25) is 5.02 Å². The number of anilines is 1. The van der Waals surface area contributed by atoms with E-state index in [4.69, 9.17) is 11.6 Å². The van der Waals surface area contributed by atoms with E-state index in [1.54, 1.807) is 35.8 Å². The quantitative estimate of drug-likeness (QED) is 0.804. The van der Waals surface area contributed by atoms with Crippen molar-refractivity contribution >= 4 is 47.4 Å². The fraction of sp³-hybridized carbons (Fsp3) is 0.286. The second kappa shape index (κ2) is 8.43. The SMILES string of the molecule is CNC(C(=O)Nc1ccc(SC)c(Cl)c1)c1cnn(C)c1.Cl. The maximum Gasteiger partial charge on any atom is 0.246 e. The third-order valence-corrected chi connectivity index (χ3v) is 4.25. The lowest BCUT2D eigenvalue weighted by Gasteiger charge is -2.15. The highest BCUT2D eigenvalue weighted by Gasteiger charge is 2.20. The van der Waals surface area contributed by atoms with Gasteiger partial charge < -0.3 is 10.6 Å². The van der Waals surface area contributed by atoms with Gasteiger partial charge in [0.15, 0.2) is 0 Å². The number of carbonyl (C=O) groups is 1. The summed E-state index contributed by atoms with van der Waals surface area (Å²) in [7, 11) is 3.55. The molecule has 5 nitrogen and oxygen atoms in total. The van der Waals surface area contributed by atoms with Gasteiger partial charge in [0.25, 0.3) is 0 Å². The van der Waals surface area contributed by atoms with Gasteiger partial charge in [-0.15, -0.1) is 24.2 Å². The van der Waals surface area contributed by atoms with Crippen molar-refractivity contribution in [1.82, 2.24) is 15.1 Å². The lowest BCUT2D eigenvalue weighted by atomic mass is 10.1. The smallest absolute Gasteiger partial charge is 0.246 e. The molecule has 8 heteroatoms. The van der Waals surface area contributed by atoms with Crippen molar-refractivity contribution < 1.29 is 4.79 Å². The summed E-state index contributed by atoms with van der Waals surface area (Å²) in [5.74, 6) is -0.154. The van der Waals surface area contributed by atoms with Crippen LogP contribution in [0, 0.1) is 0 Å². The minimum atomic E-state index is -0.460. The second-order valence-electron chi connectivity index (χ2n) is 4.51. The zero-order chi connectivity index (χ0) is 15.4. The van der Waals surface area contributed by atoms with Crippen molar-refractivity contribution in [3.8, 4) is 0 Å². The average Bonchev–Trinajstić information content (AvgIpc) is 2.86. The van der Waals surface area contributed by atoms with Gasteiger partial charge in [0.2, 0.25) is 5.91 Å². The van der Waals surface area contributed by atoms with Crippen molar-refractivity contribution in [2.24, 2.45) is 7.05 Å². The molecule has 1 atom stereocenters. The van der Waals surface area contributed by atoms with E-state index in [1.165, 1.54) is 0 Å². The minimum Gasteiger partial charge on any atom is -0.324 e. The Hall–Kier alpha value is -1.21. The van der Waals surface area contributed by atoms with Crippen LogP contribution in [0.1, 0.15) is 11.6 Å². The standard InChI is InChI=1S/C14H17ClN4OS.ClH/c1-16-13(9-7-17-19(2)8-9)14(20)18-10-4-5-12(21-3)11(15)6-10;/h4-8,13,16H,1-3H3,(H,18,20);1H. The fourth-order valence-corrected chi connectivity index (χ4v) is 2.87. The topological polar surface area (TPSA) is 59.0 Å². The summed E-state index contributed by atoms with van der Waals surface area (Å²) in [5, 5.41) is 10.6. The highest BCUT2D eigenvalue weighted by molar-refractivity contribution is 7.98. The predicted molar refractivity (Wildman–Crippen MR) is 94.1 cm³/mol. The Kier molecular flexibility index (Phi) is 7.22. The molecule has 2 rings (SSSR count). The van der Waals surface area contributed by atoms with E-state index in [0.29, 0.717) is 10.7 Å². The van der Waals surface area contributed by atoms with Crippen LogP contribution in [0.4, 0.5) is 5.69 Å². The van der Waals surface area contributed by atoms with Crippen LogP contribution in [0.5, 0.6) is 0 Å². The Labute approximate surface area is 145 Å². The summed E-state index contributed by atoms with van der Waals surface area (Å²) in [6.07, 6.45) is 5.44. The Morgan fingerprint density at radius 3 is 2.68 bits per heavy atom. The molecule has 1 unspecified atom stereocenters. The summed E-state index contributed by atoms with van der Waals surface area (Å²) >= 11 is 7.71. The third kappa shape index (κ3) is 4.39. The molecule has 1 heterocycles. The second-order valence-corrected chi connectivity index (χ2v) is 5.76. The van der Waals surface area contributed by atoms with Crippen molar-refractivity contribution in [3.63, 3.8) is 0 Å². The van der Waals surface area contributed by atoms with Gasteiger partial charge in [-0.05, 0) is 31.5 Å². The molecule has 22 heavy (non-hydrogen) atoms. The van der Waals surface area contributed by atoms with Crippen molar-refractivity contribution in [1.29, 1.82) is 0 Å². The van der Waals surface area contributed by atoms with Crippen LogP contribution < -0.4 is 10.6 Å². The van der Waals surface area contributed by atoms with Gasteiger partial charge >= 0.3 is 0 Å². The van der Waals surface area contributed by atoms with Gasteiger partial charge in [0.1, 0.15) is 6.04 Å². The average molecular weight is 361 g/mol. The monoisotopic (exact) mass is 360 g/mol. The minimum absolute atomic E-state index is 0. The molecule has 1 aromatic carbocycles. The van der Waals surface area contributed by atoms with Crippen molar-refractivity contribution in [2.75, 3.05) is 18.6 Å². The van der Waals surface area contributed by atoms with Crippen LogP contribution in [0.3, 0.4) is 0 Å². The van der Waals surface area contributed by atoms with E-state index >= 15 is 0 Å². The lowest BCUT2D eigenvalue weighted by molar-refractivity contribution is -0.118. The zero-order valence-corrected chi connectivity index (χ0v) is 14.9. The number of rotatable bonds is 5. The highest BCUT2D eigenvalue weighted by Crippen LogP contribution is 2.28. The number of halogens is 2. The maximum absolute atomic E-state index is 12.4. The molecule has 0 fully saturated rings. The molecule has 120 valence electrons. The molecule has 1 aromatic heterocycles. The molecule has 0 aliphatic carbocycles. The van der Waals surface area contributed by atoms with Gasteiger partial charge in [0.05, 0.1) is 11.2 Å². The lowest BCUT2D eigenvalue weighted by Crippen LogP contribution is -2.30. The molecule has 0 spiro atoms. The third-order valence-electron chi connectivity index (χ3n) is 3.03. The van der Waals surface area contributed by atoms with E-state index in [1.807, 2.05) is 31.6 Å². The first-order chi connectivity index (χ1) is 10.0. The number of aromatic nitrogens is 2. The van der Waals surface area contributed by atoms with Crippen molar-refractivity contribution in [2.45, 2.75) is 10.9 Å². The van der Waals surface area contributed by atoms with Gasteiger partial charge in [-0.1, -0.05) is 11.6 Å². The van der Waals surface area contributed by atoms with Gasteiger partial charge in [-0.2, -0.15) is 5.10 Å². The highest BCUT2D eigenvalue weighted by atomic mass is 35.5. The molecule has 2 aromatic rings. The van der Waals surface area contributed by atoms with Crippen LogP contribution >= 0.6 is 35.8 Å². The Bertz CT molecular complexity index is 648. The Morgan fingerprint density at radius 1 is 1.45 bits per heavy atom. The van der Waals surface area contributed by atoms with Gasteiger partial charge in [-0.25, -0.2) is 0 Å². The molecule has 0 aliphatic rings. The molecule has 0 saturated carbocycles. The van der Waals surface area contributed by atoms with Crippen LogP contribution in [-0.2, 0) is 11.8 Å².